The molecular formula is C34H20N6O3. The molecule has 0 bridgehead atoms. The van der Waals surface area contributed by atoms with Crippen molar-refractivity contribution in [1.29, 1.82) is 0 Å². The summed E-state index contributed by atoms with van der Waals surface area (Å²) in [5.41, 5.74) is 4.91. The average molecular weight is 561 g/mol. The highest BCUT2D eigenvalue weighted by atomic mass is 16.5. The predicted octanol–water partition coefficient (Wildman–Crippen LogP) is 6.59. The maximum absolute atomic E-state index is 13.8. The zero-order chi connectivity index (χ0) is 28.7. The van der Waals surface area contributed by atoms with E-state index in [-0.39, 0.29) is 0 Å². The molecule has 8 aromatic rings. The van der Waals surface area contributed by atoms with E-state index in [1.54, 1.807) is 16.9 Å². The number of para-hydroxylation sites is 3. The van der Waals surface area contributed by atoms with Gasteiger partial charge in [-0.3, -0.25) is 0 Å². The zero-order valence-corrected chi connectivity index (χ0v) is 22.7. The number of aryl methyl sites for hydroxylation is 1. The molecule has 0 spiro atoms. The molecule has 0 saturated carbocycles. The molecule has 0 saturated heterocycles. The summed E-state index contributed by atoms with van der Waals surface area (Å²) < 4.78 is 13.9. The van der Waals surface area contributed by atoms with Crippen LogP contribution in [0.5, 0.6) is 11.6 Å². The van der Waals surface area contributed by atoms with Crippen molar-refractivity contribution in [3.8, 4) is 23.0 Å². The maximum atomic E-state index is 13.8. The molecule has 1 aliphatic rings. The Labute approximate surface area is 243 Å². The molecule has 0 amide bonds. The number of rotatable bonds is 2. The summed E-state index contributed by atoms with van der Waals surface area (Å²) in [6.07, 6.45) is 1.58. The first-order valence-corrected chi connectivity index (χ1v) is 13.8. The minimum atomic E-state index is -0.721. The lowest BCUT2D eigenvalue weighted by Crippen LogP contribution is -2.24. The average Bonchev–Trinajstić information content (AvgIpc) is 3.48. The fraction of sp³-hybridized carbons (Fsp3) is 0.0588. The summed E-state index contributed by atoms with van der Waals surface area (Å²) in [5.74, 6) is 0.524. The Balaban J connectivity index is 1.35. The molecule has 5 heterocycles. The van der Waals surface area contributed by atoms with Crippen LogP contribution in [0.2, 0.25) is 0 Å². The molecule has 9 rings (SSSR count). The quantitative estimate of drug-likeness (QED) is 0.218. The molecule has 1 atom stereocenters. The van der Waals surface area contributed by atoms with Crippen LogP contribution in [0.3, 0.4) is 0 Å². The van der Waals surface area contributed by atoms with Gasteiger partial charge in [0.2, 0.25) is 5.88 Å². The van der Waals surface area contributed by atoms with Gasteiger partial charge < -0.3 is 9.15 Å². The third-order valence-electron chi connectivity index (χ3n) is 8.02. The van der Waals surface area contributed by atoms with Crippen molar-refractivity contribution < 1.29 is 9.15 Å². The molecular weight excluding hydrogens is 540 g/mol. The molecule has 4 aromatic carbocycles. The van der Waals surface area contributed by atoms with Crippen molar-refractivity contribution in [2.75, 3.05) is 0 Å². The largest absolute Gasteiger partial charge is 0.437 e. The summed E-state index contributed by atoms with van der Waals surface area (Å²) in [7, 11) is 0. The number of nitrogens with zero attached hydrogens (tertiary/aromatic N) is 6. The highest BCUT2D eigenvalue weighted by Gasteiger charge is 2.39. The van der Waals surface area contributed by atoms with Gasteiger partial charge in [0.05, 0.1) is 44.9 Å². The van der Waals surface area contributed by atoms with Gasteiger partial charge in [0.25, 0.3) is 0 Å². The Kier molecular flexibility index (Phi) is 4.84. The Morgan fingerprint density at radius 2 is 1.56 bits per heavy atom. The smallest absolute Gasteiger partial charge is 0.344 e. The summed E-state index contributed by atoms with van der Waals surface area (Å²) in [4.78, 5) is 33.3. The Bertz CT molecular complexity index is 2500. The van der Waals surface area contributed by atoms with Crippen LogP contribution in [0.15, 0.2) is 107 Å². The van der Waals surface area contributed by atoms with Gasteiger partial charge in [0, 0.05) is 5.56 Å². The molecule has 0 N–H and O–H groups in total. The zero-order valence-electron chi connectivity index (χ0n) is 22.7. The van der Waals surface area contributed by atoms with E-state index < -0.39 is 11.5 Å². The van der Waals surface area contributed by atoms with Gasteiger partial charge in [-0.05, 0) is 48.0 Å². The van der Waals surface area contributed by atoms with E-state index >= 15 is 0 Å². The number of benzene rings is 4. The number of ether oxygens (including phenoxy) is 1. The van der Waals surface area contributed by atoms with Crippen molar-refractivity contribution in [3.63, 3.8) is 0 Å². The van der Waals surface area contributed by atoms with Gasteiger partial charge in [-0.2, -0.15) is 0 Å². The van der Waals surface area contributed by atoms with Crippen molar-refractivity contribution >= 4 is 38.4 Å². The number of hydrogen-bond acceptors (Lipinski definition) is 8. The second-order valence-electron chi connectivity index (χ2n) is 10.6. The molecule has 0 fully saturated rings. The standard InChI is InChI=1S/C34H20N6O3/c1-18-29(37-24-12-6-5-11-23(24)36-18)26-27-30(22-10-4-7-13-25(22)42-34(27)41)43-33-28(26)32-38-31(39-40(32)17-35-33)21-15-14-19-8-2-3-9-20(19)16-21/h2-17,26H,1H3. The molecule has 43 heavy (non-hydrogen) atoms. The fourth-order valence-electron chi connectivity index (χ4n) is 6.03. The minimum absolute atomic E-state index is 0.323. The predicted molar refractivity (Wildman–Crippen MR) is 162 cm³/mol. The molecule has 0 radical (unpaired) electrons. The molecule has 9 heteroatoms. The van der Waals surface area contributed by atoms with E-state index in [0.29, 0.717) is 62.1 Å². The van der Waals surface area contributed by atoms with Gasteiger partial charge in [-0.1, -0.05) is 60.7 Å². The van der Waals surface area contributed by atoms with Crippen molar-refractivity contribution in [1.82, 2.24) is 29.5 Å². The lowest BCUT2D eigenvalue weighted by atomic mass is 9.86. The van der Waals surface area contributed by atoms with Crippen LogP contribution in [0.1, 0.15) is 28.4 Å². The Morgan fingerprint density at radius 3 is 2.44 bits per heavy atom. The van der Waals surface area contributed by atoms with Gasteiger partial charge in [0.1, 0.15) is 11.9 Å². The van der Waals surface area contributed by atoms with Crippen LogP contribution >= 0.6 is 0 Å². The van der Waals surface area contributed by atoms with E-state index in [1.807, 2.05) is 67.6 Å². The SMILES string of the molecule is Cc1nc2ccccc2nc1C1c2c(c3ccccc3oc2=O)Oc2ncn3nc(-c4ccc5ccccc5c4)nc3c21. The Hall–Kier alpha value is -5.96. The normalized spacial score (nSPS) is 14.2. The van der Waals surface area contributed by atoms with Crippen LogP contribution < -0.4 is 10.4 Å². The van der Waals surface area contributed by atoms with Crippen molar-refractivity contribution in [3.05, 3.63) is 130 Å². The topological polar surface area (TPSA) is 108 Å². The second kappa shape index (κ2) is 8.77. The lowest BCUT2D eigenvalue weighted by molar-refractivity contribution is 0.421. The Morgan fingerprint density at radius 1 is 0.791 bits per heavy atom. The highest BCUT2D eigenvalue weighted by molar-refractivity contribution is 5.88. The summed E-state index contributed by atoms with van der Waals surface area (Å²) in [6, 6.07) is 29.2. The van der Waals surface area contributed by atoms with E-state index in [0.717, 1.165) is 21.9 Å². The van der Waals surface area contributed by atoms with E-state index in [1.165, 1.54) is 0 Å². The van der Waals surface area contributed by atoms with Gasteiger partial charge in [-0.15, -0.1) is 5.10 Å². The summed E-state index contributed by atoms with van der Waals surface area (Å²) >= 11 is 0. The van der Waals surface area contributed by atoms with E-state index in [2.05, 4.69) is 29.2 Å². The number of aromatic nitrogens is 6. The van der Waals surface area contributed by atoms with Gasteiger partial charge >= 0.3 is 5.63 Å². The van der Waals surface area contributed by atoms with Crippen LogP contribution in [-0.2, 0) is 0 Å². The van der Waals surface area contributed by atoms with Gasteiger partial charge in [-0.25, -0.2) is 29.2 Å². The first-order valence-electron chi connectivity index (χ1n) is 13.8. The third-order valence-corrected chi connectivity index (χ3v) is 8.02. The molecule has 204 valence electrons. The monoisotopic (exact) mass is 560 g/mol. The van der Waals surface area contributed by atoms with Crippen LogP contribution in [0.4, 0.5) is 0 Å². The molecule has 9 nitrogen and oxygen atoms in total. The van der Waals surface area contributed by atoms with Crippen LogP contribution in [-0.4, -0.2) is 29.5 Å². The minimum Gasteiger partial charge on any atom is -0.437 e. The van der Waals surface area contributed by atoms with E-state index in [4.69, 9.17) is 29.2 Å². The molecule has 0 aliphatic carbocycles. The number of hydrogen-bond donors (Lipinski definition) is 0. The molecule has 4 aromatic heterocycles. The van der Waals surface area contributed by atoms with Gasteiger partial charge in [0.15, 0.2) is 17.2 Å². The van der Waals surface area contributed by atoms with Crippen LogP contribution in [0, 0.1) is 6.92 Å². The summed E-state index contributed by atoms with van der Waals surface area (Å²) in [6.45, 7) is 1.89. The maximum Gasteiger partial charge on any atom is 0.344 e. The first-order chi connectivity index (χ1) is 21.1. The van der Waals surface area contributed by atoms with Crippen molar-refractivity contribution in [2.45, 2.75) is 12.8 Å². The fourth-order valence-corrected chi connectivity index (χ4v) is 6.03. The lowest BCUT2D eigenvalue weighted by Gasteiger charge is -2.27. The van der Waals surface area contributed by atoms with Crippen molar-refractivity contribution in [2.24, 2.45) is 0 Å². The third kappa shape index (κ3) is 3.51. The van der Waals surface area contributed by atoms with Crippen LogP contribution in [0.25, 0.3) is 49.8 Å². The summed E-state index contributed by atoms with van der Waals surface area (Å²) in [5, 5.41) is 7.65. The second-order valence-corrected chi connectivity index (χ2v) is 10.6. The highest BCUT2D eigenvalue weighted by Crippen LogP contribution is 2.49. The first kappa shape index (κ1) is 23.7. The number of fused-ring (bicyclic) bond motifs is 8. The molecule has 1 unspecified atom stereocenters. The van der Waals surface area contributed by atoms with E-state index in [9.17, 15) is 4.79 Å². The molecule has 1 aliphatic heterocycles.